The van der Waals surface area contributed by atoms with E-state index in [0.29, 0.717) is 35.9 Å². The highest BCUT2D eigenvalue weighted by Gasteiger charge is 2.29. The molecule has 4 rings (SSSR count). The lowest BCUT2D eigenvalue weighted by atomic mass is 10.1. The molecule has 0 bridgehead atoms. The second-order valence-electron chi connectivity index (χ2n) is 7.84. The minimum Gasteiger partial charge on any atom is -0.381 e. The van der Waals surface area contributed by atoms with E-state index >= 15 is 0 Å². The first-order valence-corrected chi connectivity index (χ1v) is 11.7. The van der Waals surface area contributed by atoms with Crippen molar-refractivity contribution in [1.29, 1.82) is 0 Å². The molecule has 2 aromatic carbocycles. The normalized spacial score (nSPS) is 17.9. The Morgan fingerprint density at radius 3 is 2.37 bits per heavy atom. The number of hydrogen-bond acceptors (Lipinski definition) is 4. The number of rotatable bonds is 7. The minimum atomic E-state index is -0.955. The average Bonchev–Trinajstić information content (AvgIpc) is 3.60. The van der Waals surface area contributed by atoms with Crippen molar-refractivity contribution in [1.82, 2.24) is 0 Å². The van der Waals surface area contributed by atoms with Crippen LogP contribution < -0.4 is 10.6 Å². The van der Waals surface area contributed by atoms with Crippen LogP contribution in [0.2, 0.25) is 0 Å². The van der Waals surface area contributed by atoms with E-state index in [1.165, 1.54) is 0 Å². The molecule has 1 aliphatic carbocycles. The van der Waals surface area contributed by atoms with Crippen LogP contribution in [0.1, 0.15) is 41.6 Å². The first-order valence-electron chi connectivity index (χ1n) is 10.3. The lowest BCUT2D eigenvalue weighted by molar-refractivity contribution is -0.117. The smallest absolute Gasteiger partial charge is 0.255 e. The standard InChI is InChI=1S/C23H26N2O4S/c26-22(17-7-8-17)25-20-6-2-4-18(14-20)23(27)24-19-5-1-3-16(13-19)15-30(28)21-9-11-29-12-10-21/h1-6,13-14,17,21H,7-12,15H2,(H,24,27)(H,25,26). The topological polar surface area (TPSA) is 84.5 Å². The van der Waals surface area contributed by atoms with Gasteiger partial charge in [0.05, 0.1) is 0 Å². The summed E-state index contributed by atoms with van der Waals surface area (Å²) in [5, 5.41) is 5.93. The van der Waals surface area contributed by atoms with E-state index in [0.717, 1.165) is 31.2 Å². The monoisotopic (exact) mass is 426 g/mol. The van der Waals surface area contributed by atoms with Gasteiger partial charge < -0.3 is 15.4 Å². The van der Waals surface area contributed by atoms with E-state index < -0.39 is 10.8 Å². The third-order valence-electron chi connectivity index (χ3n) is 5.37. The number of carbonyl (C=O) groups excluding carboxylic acids is 2. The van der Waals surface area contributed by atoms with Crippen LogP contribution in [0.15, 0.2) is 48.5 Å². The molecule has 1 atom stereocenters. The zero-order valence-electron chi connectivity index (χ0n) is 16.8. The van der Waals surface area contributed by atoms with Crippen LogP contribution in [0.3, 0.4) is 0 Å². The molecule has 1 unspecified atom stereocenters. The average molecular weight is 427 g/mol. The van der Waals surface area contributed by atoms with Crippen LogP contribution in [-0.4, -0.2) is 34.5 Å². The maximum atomic E-state index is 12.7. The Morgan fingerprint density at radius 2 is 1.63 bits per heavy atom. The number of anilines is 2. The van der Waals surface area contributed by atoms with Crippen LogP contribution in [0, 0.1) is 5.92 Å². The van der Waals surface area contributed by atoms with Gasteiger partial charge in [-0.25, -0.2) is 0 Å². The van der Waals surface area contributed by atoms with E-state index in [9.17, 15) is 13.8 Å². The number of benzene rings is 2. The molecular weight excluding hydrogens is 400 g/mol. The molecule has 2 amide bonds. The maximum absolute atomic E-state index is 12.7. The number of carbonyl (C=O) groups is 2. The van der Waals surface area contributed by atoms with Crippen molar-refractivity contribution < 1.29 is 18.5 Å². The van der Waals surface area contributed by atoms with Crippen molar-refractivity contribution in [2.24, 2.45) is 5.92 Å². The van der Waals surface area contributed by atoms with Gasteiger partial charge in [-0.1, -0.05) is 18.2 Å². The molecular formula is C23H26N2O4S. The van der Waals surface area contributed by atoms with Crippen molar-refractivity contribution in [3.8, 4) is 0 Å². The van der Waals surface area contributed by atoms with Crippen molar-refractivity contribution >= 4 is 34.0 Å². The van der Waals surface area contributed by atoms with Crippen molar-refractivity contribution in [3.63, 3.8) is 0 Å². The third-order valence-corrected chi connectivity index (χ3v) is 7.21. The zero-order chi connectivity index (χ0) is 20.9. The van der Waals surface area contributed by atoms with Crippen LogP contribution in [0.25, 0.3) is 0 Å². The Morgan fingerprint density at radius 1 is 0.933 bits per heavy atom. The third kappa shape index (κ3) is 5.55. The molecule has 2 aliphatic rings. The summed E-state index contributed by atoms with van der Waals surface area (Å²) in [5.41, 5.74) is 2.69. The summed E-state index contributed by atoms with van der Waals surface area (Å²) in [6, 6.07) is 14.4. The van der Waals surface area contributed by atoms with Gasteiger partial charge in [0.2, 0.25) is 5.91 Å². The molecule has 30 heavy (non-hydrogen) atoms. The summed E-state index contributed by atoms with van der Waals surface area (Å²) in [7, 11) is -0.955. The van der Waals surface area contributed by atoms with Gasteiger partial charge in [-0.05, 0) is 61.6 Å². The Balaban J connectivity index is 1.38. The van der Waals surface area contributed by atoms with E-state index in [1.54, 1.807) is 24.3 Å². The molecule has 1 saturated heterocycles. The number of amides is 2. The van der Waals surface area contributed by atoms with Crippen LogP contribution in [-0.2, 0) is 26.1 Å². The van der Waals surface area contributed by atoms with Gasteiger partial charge >= 0.3 is 0 Å². The highest BCUT2D eigenvalue weighted by Crippen LogP contribution is 2.30. The highest BCUT2D eigenvalue weighted by atomic mass is 32.2. The SMILES string of the molecule is O=C(Nc1cccc(CS(=O)C2CCOCC2)c1)c1cccc(NC(=O)C2CC2)c1. The van der Waals surface area contributed by atoms with E-state index in [2.05, 4.69) is 10.6 Å². The largest absolute Gasteiger partial charge is 0.381 e. The summed E-state index contributed by atoms with van der Waals surface area (Å²) in [5.74, 6) is 0.340. The Labute approximate surface area is 178 Å². The summed E-state index contributed by atoms with van der Waals surface area (Å²) in [6.07, 6.45) is 3.52. The quantitative estimate of drug-likeness (QED) is 0.707. The van der Waals surface area contributed by atoms with Gasteiger partial charge in [0.1, 0.15) is 0 Å². The van der Waals surface area contributed by atoms with Crippen LogP contribution >= 0.6 is 0 Å². The number of nitrogens with one attached hydrogen (secondary N) is 2. The predicted molar refractivity (Wildman–Crippen MR) is 118 cm³/mol. The van der Waals surface area contributed by atoms with Gasteiger partial charge in [0, 0.05) is 57.9 Å². The van der Waals surface area contributed by atoms with Gasteiger partial charge in [0.15, 0.2) is 0 Å². The van der Waals surface area contributed by atoms with E-state index in [-0.39, 0.29) is 23.0 Å². The molecule has 2 fully saturated rings. The molecule has 0 spiro atoms. The van der Waals surface area contributed by atoms with Crippen LogP contribution in [0.5, 0.6) is 0 Å². The Hall–Kier alpha value is -2.51. The molecule has 1 aliphatic heterocycles. The highest BCUT2D eigenvalue weighted by molar-refractivity contribution is 7.84. The molecule has 158 valence electrons. The summed E-state index contributed by atoms with van der Waals surface area (Å²) in [4.78, 5) is 24.6. The van der Waals surface area contributed by atoms with Crippen LogP contribution in [0.4, 0.5) is 11.4 Å². The molecule has 0 aromatic heterocycles. The minimum absolute atomic E-state index is 0.0118. The molecule has 1 heterocycles. The van der Waals surface area contributed by atoms with Crippen molar-refractivity contribution in [3.05, 3.63) is 59.7 Å². The molecule has 1 saturated carbocycles. The fourth-order valence-electron chi connectivity index (χ4n) is 3.49. The molecule has 6 nitrogen and oxygen atoms in total. The fraction of sp³-hybridized carbons (Fsp3) is 0.391. The molecule has 0 radical (unpaired) electrons. The number of ether oxygens (including phenoxy) is 1. The summed E-state index contributed by atoms with van der Waals surface area (Å²) >= 11 is 0. The lowest BCUT2D eigenvalue weighted by Gasteiger charge is -2.21. The first-order chi connectivity index (χ1) is 14.6. The molecule has 7 heteroatoms. The fourth-order valence-corrected chi connectivity index (χ4v) is 4.95. The number of hydrogen-bond donors (Lipinski definition) is 2. The Kier molecular flexibility index (Phi) is 6.59. The summed E-state index contributed by atoms with van der Waals surface area (Å²) in [6.45, 7) is 1.35. The zero-order valence-corrected chi connectivity index (χ0v) is 17.6. The lowest BCUT2D eigenvalue weighted by Crippen LogP contribution is -2.25. The van der Waals surface area contributed by atoms with E-state index in [1.807, 2.05) is 24.3 Å². The van der Waals surface area contributed by atoms with Gasteiger partial charge in [0.25, 0.3) is 5.91 Å². The second-order valence-corrected chi connectivity index (χ2v) is 9.55. The van der Waals surface area contributed by atoms with Gasteiger partial charge in [-0.3, -0.25) is 13.8 Å². The summed E-state index contributed by atoms with van der Waals surface area (Å²) < 4.78 is 18.0. The van der Waals surface area contributed by atoms with Crippen molar-refractivity contribution in [2.45, 2.75) is 36.7 Å². The molecule has 2 N–H and O–H groups in total. The molecule has 2 aromatic rings. The van der Waals surface area contributed by atoms with Gasteiger partial charge in [-0.2, -0.15) is 0 Å². The van der Waals surface area contributed by atoms with Crippen molar-refractivity contribution in [2.75, 3.05) is 23.8 Å². The second kappa shape index (κ2) is 9.53. The van der Waals surface area contributed by atoms with E-state index in [4.69, 9.17) is 4.74 Å². The first kappa shape index (κ1) is 20.8. The Bertz CT molecular complexity index is 952. The maximum Gasteiger partial charge on any atom is 0.255 e. The predicted octanol–water partition coefficient (Wildman–Crippen LogP) is 3.72. The van der Waals surface area contributed by atoms with Gasteiger partial charge in [-0.15, -0.1) is 0 Å².